The summed E-state index contributed by atoms with van der Waals surface area (Å²) in [6, 6.07) is 66.6. The first-order valence-corrected chi connectivity index (χ1v) is 19.7. The van der Waals surface area contributed by atoms with Gasteiger partial charge in [-0.1, -0.05) is 155 Å². The highest BCUT2D eigenvalue weighted by atomic mass is 14.9. The molecule has 270 valence electrons. The molecule has 0 fully saturated rings. The van der Waals surface area contributed by atoms with Crippen molar-refractivity contribution in [2.75, 3.05) is 10.6 Å². The van der Waals surface area contributed by atoms with E-state index in [0.717, 1.165) is 22.7 Å². The molecule has 0 aliphatic heterocycles. The van der Waals surface area contributed by atoms with Gasteiger partial charge in [-0.25, -0.2) is 0 Å². The summed E-state index contributed by atoms with van der Waals surface area (Å²) < 4.78 is 0. The van der Waals surface area contributed by atoms with E-state index in [9.17, 15) is 0 Å². The second-order valence-corrected chi connectivity index (χ2v) is 16.3. The molecular weight excluding hydrogens is 677 g/mol. The van der Waals surface area contributed by atoms with Gasteiger partial charge in [0.1, 0.15) is 0 Å². The van der Waals surface area contributed by atoms with Gasteiger partial charge in [0.2, 0.25) is 0 Å². The Labute approximate surface area is 330 Å². The lowest BCUT2D eigenvalue weighted by Crippen LogP contribution is -2.15. The van der Waals surface area contributed by atoms with Crippen molar-refractivity contribution >= 4 is 22.7 Å². The van der Waals surface area contributed by atoms with Gasteiger partial charge >= 0.3 is 0 Å². The van der Waals surface area contributed by atoms with Crippen molar-refractivity contribution in [2.24, 2.45) is 0 Å². The van der Waals surface area contributed by atoms with Gasteiger partial charge in [-0.3, -0.25) is 0 Å². The molecule has 0 atom stereocenters. The Morgan fingerprint density at radius 3 is 1.27 bits per heavy atom. The van der Waals surface area contributed by atoms with E-state index in [1.807, 2.05) is 6.07 Å². The van der Waals surface area contributed by atoms with Crippen molar-refractivity contribution in [1.29, 1.82) is 0 Å². The Morgan fingerprint density at radius 2 is 0.714 bits per heavy atom. The Kier molecular flexibility index (Phi) is 7.87. The molecule has 56 heavy (non-hydrogen) atoms. The van der Waals surface area contributed by atoms with E-state index in [0.29, 0.717) is 0 Å². The standard InChI is InChI=1S/C54H44N2/c1-53(2)46-21-13-11-19-42(46)44-29-25-36(33-48(44)53)51-41(35-23-27-40(28-24-35)55-38-15-7-5-8-16-38)31-32-50(56-39-17-9-6-10-18-39)52(51)37-26-30-45-43-20-12-14-22-47(43)54(3,4)49(45)34-37/h5-34,55-56H,1-4H3. The number of para-hydroxylation sites is 2. The molecule has 0 radical (unpaired) electrons. The van der Waals surface area contributed by atoms with Crippen LogP contribution in [0.1, 0.15) is 49.9 Å². The maximum Gasteiger partial charge on any atom is 0.0470 e. The number of anilines is 4. The van der Waals surface area contributed by atoms with Crippen molar-refractivity contribution in [1.82, 2.24) is 0 Å². The fourth-order valence-electron chi connectivity index (χ4n) is 9.36. The van der Waals surface area contributed by atoms with Crippen molar-refractivity contribution in [3.8, 4) is 55.6 Å². The molecule has 0 bridgehead atoms. The molecule has 0 amide bonds. The smallest absolute Gasteiger partial charge is 0.0470 e. The molecule has 0 saturated carbocycles. The molecule has 2 heteroatoms. The average Bonchev–Trinajstić information content (AvgIpc) is 3.60. The summed E-state index contributed by atoms with van der Waals surface area (Å²) >= 11 is 0. The monoisotopic (exact) mass is 720 g/mol. The van der Waals surface area contributed by atoms with Gasteiger partial charge in [0.25, 0.3) is 0 Å². The SMILES string of the molecule is CC1(C)c2ccccc2-c2ccc(-c3c(Nc4ccccc4)ccc(-c4ccc(Nc5ccccc5)cc4)c3-c3ccc4c(c3)C(C)(C)c3ccccc3-4)cc21. The minimum absolute atomic E-state index is 0.127. The summed E-state index contributed by atoms with van der Waals surface area (Å²) in [6.07, 6.45) is 0. The Morgan fingerprint density at radius 1 is 0.304 bits per heavy atom. The van der Waals surface area contributed by atoms with Crippen LogP contribution in [0.25, 0.3) is 55.6 Å². The van der Waals surface area contributed by atoms with E-state index in [-0.39, 0.29) is 10.8 Å². The van der Waals surface area contributed by atoms with Crippen LogP contribution in [0.5, 0.6) is 0 Å². The van der Waals surface area contributed by atoms with Crippen LogP contribution in [0.4, 0.5) is 22.7 Å². The first-order valence-electron chi connectivity index (χ1n) is 19.7. The summed E-state index contributed by atoms with van der Waals surface area (Å²) in [5.74, 6) is 0. The van der Waals surface area contributed by atoms with Crippen molar-refractivity contribution < 1.29 is 0 Å². The summed E-state index contributed by atoms with van der Waals surface area (Å²) in [5, 5.41) is 7.45. The van der Waals surface area contributed by atoms with Crippen LogP contribution < -0.4 is 10.6 Å². The third kappa shape index (κ3) is 5.47. The second kappa shape index (κ2) is 13.0. The zero-order valence-electron chi connectivity index (χ0n) is 32.3. The van der Waals surface area contributed by atoms with Crippen molar-refractivity contribution in [2.45, 2.75) is 38.5 Å². The van der Waals surface area contributed by atoms with Crippen LogP contribution >= 0.6 is 0 Å². The molecule has 0 spiro atoms. The molecule has 0 aromatic heterocycles. The molecule has 2 nitrogen and oxygen atoms in total. The van der Waals surface area contributed by atoms with Crippen LogP contribution in [0.3, 0.4) is 0 Å². The third-order valence-electron chi connectivity index (χ3n) is 12.3. The summed E-state index contributed by atoms with van der Waals surface area (Å²) in [4.78, 5) is 0. The predicted octanol–water partition coefficient (Wildman–Crippen LogP) is 14.8. The summed E-state index contributed by atoms with van der Waals surface area (Å²) in [7, 11) is 0. The van der Waals surface area contributed by atoms with Gasteiger partial charge in [-0.05, 0) is 127 Å². The minimum atomic E-state index is -0.129. The van der Waals surface area contributed by atoms with Gasteiger partial charge in [-0.15, -0.1) is 0 Å². The number of benzene rings is 8. The highest BCUT2D eigenvalue weighted by molar-refractivity contribution is 6.02. The highest BCUT2D eigenvalue weighted by Gasteiger charge is 2.37. The van der Waals surface area contributed by atoms with Crippen LogP contribution in [0.2, 0.25) is 0 Å². The molecule has 10 rings (SSSR count). The molecule has 0 unspecified atom stereocenters. The number of fused-ring (bicyclic) bond motifs is 6. The van der Waals surface area contributed by atoms with E-state index < -0.39 is 0 Å². The molecule has 2 N–H and O–H groups in total. The normalized spacial score (nSPS) is 14.0. The number of nitrogens with one attached hydrogen (secondary N) is 2. The lowest BCUT2D eigenvalue weighted by atomic mass is 9.79. The quantitative estimate of drug-likeness (QED) is 0.171. The molecule has 2 aliphatic carbocycles. The number of hydrogen-bond donors (Lipinski definition) is 2. The fourth-order valence-corrected chi connectivity index (χ4v) is 9.36. The molecule has 0 heterocycles. The van der Waals surface area contributed by atoms with Crippen molar-refractivity contribution in [3.05, 3.63) is 204 Å². The maximum atomic E-state index is 3.87. The molecular formula is C54H44N2. The van der Waals surface area contributed by atoms with Crippen LogP contribution in [0, 0.1) is 0 Å². The molecule has 0 saturated heterocycles. The number of hydrogen-bond acceptors (Lipinski definition) is 2. The lowest BCUT2D eigenvalue weighted by molar-refractivity contribution is 0.660. The Balaban J connectivity index is 1.22. The largest absolute Gasteiger partial charge is 0.356 e. The van der Waals surface area contributed by atoms with E-state index >= 15 is 0 Å². The zero-order valence-corrected chi connectivity index (χ0v) is 32.3. The minimum Gasteiger partial charge on any atom is -0.356 e. The zero-order chi connectivity index (χ0) is 38.0. The van der Waals surface area contributed by atoms with E-state index in [1.54, 1.807) is 0 Å². The molecule has 2 aliphatic rings. The fraction of sp³-hybridized carbons (Fsp3) is 0.111. The maximum absolute atomic E-state index is 3.87. The van der Waals surface area contributed by atoms with Crippen LogP contribution in [-0.4, -0.2) is 0 Å². The predicted molar refractivity (Wildman–Crippen MR) is 237 cm³/mol. The summed E-state index contributed by atoms with van der Waals surface area (Å²) in [5.41, 5.74) is 22.0. The summed E-state index contributed by atoms with van der Waals surface area (Å²) in [6.45, 7) is 9.48. The number of rotatable bonds is 7. The highest BCUT2D eigenvalue weighted by Crippen LogP contribution is 2.54. The van der Waals surface area contributed by atoms with Crippen LogP contribution in [0.15, 0.2) is 182 Å². The Bertz CT molecular complexity index is 2770. The van der Waals surface area contributed by atoms with E-state index in [1.165, 1.54) is 77.9 Å². The Hall–Kier alpha value is -6.64. The van der Waals surface area contributed by atoms with Gasteiger partial charge in [0.05, 0.1) is 0 Å². The van der Waals surface area contributed by atoms with E-state index in [2.05, 4.69) is 214 Å². The molecule has 8 aromatic rings. The first kappa shape index (κ1) is 33.9. The topological polar surface area (TPSA) is 24.1 Å². The van der Waals surface area contributed by atoms with Crippen molar-refractivity contribution in [3.63, 3.8) is 0 Å². The first-order chi connectivity index (χ1) is 27.3. The van der Waals surface area contributed by atoms with Gasteiger partial charge in [0.15, 0.2) is 0 Å². The van der Waals surface area contributed by atoms with E-state index in [4.69, 9.17) is 0 Å². The van der Waals surface area contributed by atoms with Gasteiger partial charge in [-0.2, -0.15) is 0 Å². The second-order valence-electron chi connectivity index (χ2n) is 16.3. The molecule has 8 aromatic carbocycles. The van der Waals surface area contributed by atoms with Gasteiger partial charge < -0.3 is 10.6 Å². The third-order valence-corrected chi connectivity index (χ3v) is 12.3. The van der Waals surface area contributed by atoms with Crippen LogP contribution in [-0.2, 0) is 10.8 Å². The van der Waals surface area contributed by atoms with Gasteiger partial charge in [0, 0.05) is 39.1 Å². The lowest BCUT2D eigenvalue weighted by Gasteiger charge is -2.26. The average molecular weight is 721 g/mol.